The zero-order chi connectivity index (χ0) is 22.0. The fraction of sp³-hybridized carbons (Fsp3) is 0.522. The third-order valence-corrected chi connectivity index (χ3v) is 6.56. The van der Waals surface area contributed by atoms with E-state index in [2.05, 4.69) is 10.3 Å². The zero-order valence-electron chi connectivity index (χ0n) is 17.5. The lowest BCUT2D eigenvalue weighted by molar-refractivity contribution is -0.137. The predicted octanol–water partition coefficient (Wildman–Crippen LogP) is 3.65. The number of phenolic OH excluding ortho intramolecular Hbond substituents is 1. The molecule has 3 aliphatic rings. The Morgan fingerprint density at radius 1 is 1.23 bits per heavy atom. The van der Waals surface area contributed by atoms with E-state index in [1.807, 2.05) is 23.1 Å². The number of nitriles is 1. The Kier molecular flexibility index (Phi) is 5.77. The average Bonchev–Trinajstić information content (AvgIpc) is 3.44. The van der Waals surface area contributed by atoms with Gasteiger partial charge in [-0.25, -0.2) is 4.79 Å². The summed E-state index contributed by atoms with van der Waals surface area (Å²) in [6, 6.07) is 7.49. The van der Waals surface area contributed by atoms with E-state index in [0.29, 0.717) is 25.3 Å². The molecular formula is C23H28N4O4. The number of fused-ring (bicyclic) bond motifs is 3. The van der Waals surface area contributed by atoms with E-state index < -0.39 is 11.6 Å². The molecule has 8 heteroatoms. The van der Waals surface area contributed by atoms with E-state index >= 15 is 0 Å². The molecule has 164 valence electrons. The fourth-order valence-electron chi connectivity index (χ4n) is 4.61. The van der Waals surface area contributed by atoms with Gasteiger partial charge in [-0.1, -0.05) is 31.4 Å². The van der Waals surface area contributed by atoms with Gasteiger partial charge in [-0.05, 0) is 31.7 Å². The number of hydrogen-bond acceptors (Lipinski definition) is 4. The Morgan fingerprint density at radius 3 is 2.58 bits per heavy atom. The van der Waals surface area contributed by atoms with Crippen molar-refractivity contribution < 1.29 is 19.8 Å². The molecule has 0 spiro atoms. The molecule has 2 fully saturated rings. The largest absolute Gasteiger partial charge is 0.506 e. The lowest BCUT2D eigenvalue weighted by Gasteiger charge is -2.32. The highest BCUT2D eigenvalue weighted by Crippen LogP contribution is 2.34. The molecule has 31 heavy (non-hydrogen) atoms. The highest BCUT2D eigenvalue weighted by atomic mass is 16.4. The number of benzene rings is 1. The third kappa shape index (κ3) is 4.46. The molecule has 0 bridgehead atoms. The van der Waals surface area contributed by atoms with Crippen LogP contribution in [0.2, 0.25) is 0 Å². The molecule has 0 atom stereocenters. The first kappa shape index (κ1) is 21.0. The summed E-state index contributed by atoms with van der Waals surface area (Å²) in [5.41, 5.74) is 2.43. The number of rotatable bonds is 2. The van der Waals surface area contributed by atoms with Gasteiger partial charge in [0.1, 0.15) is 11.3 Å². The normalized spacial score (nSPS) is 19.5. The van der Waals surface area contributed by atoms with Crippen LogP contribution in [0.25, 0.3) is 10.9 Å². The molecule has 2 heterocycles. The lowest BCUT2D eigenvalue weighted by atomic mass is 9.87. The standard InChI is InChI=1S/C18H22N2O2.C5H6N2O2/c21-16-8-4-7-13-14-11-20(10-9-15(14)19-17(13)16)18(22)12-5-2-1-3-6-12;6-3-5(1-2-5)7-4(8)9/h4,7-8,12,19,21H,1-3,5-6,9-11H2;7H,1-2H2,(H,8,9). The number of hydrogen-bond donors (Lipinski definition) is 4. The van der Waals surface area contributed by atoms with Crippen molar-refractivity contribution in [3.8, 4) is 11.8 Å². The number of carboxylic acid groups (broad SMARTS) is 1. The van der Waals surface area contributed by atoms with Gasteiger partial charge in [-0.15, -0.1) is 0 Å². The lowest BCUT2D eigenvalue weighted by Crippen LogP contribution is -2.40. The van der Waals surface area contributed by atoms with Crippen LogP contribution in [0, 0.1) is 17.2 Å². The minimum Gasteiger partial charge on any atom is -0.506 e. The molecule has 2 aromatic rings. The molecule has 0 saturated heterocycles. The number of amides is 2. The molecule has 1 aliphatic heterocycles. The molecule has 0 radical (unpaired) electrons. The number of nitrogens with zero attached hydrogens (tertiary/aromatic N) is 2. The van der Waals surface area contributed by atoms with E-state index in [4.69, 9.17) is 10.4 Å². The van der Waals surface area contributed by atoms with Crippen molar-refractivity contribution in [1.29, 1.82) is 5.26 Å². The maximum absolute atomic E-state index is 12.8. The van der Waals surface area contributed by atoms with Crippen LogP contribution < -0.4 is 5.32 Å². The quantitative estimate of drug-likeness (QED) is 0.585. The maximum atomic E-state index is 12.8. The van der Waals surface area contributed by atoms with Gasteiger partial charge in [0, 0.05) is 42.1 Å². The van der Waals surface area contributed by atoms with Gasteiger partial charge in [-0.3, -0.25) is 4.79 Å². The van der Waals surface area contributed by atoms with Crippen LogP contribution in [0.5, 0.6) is 5.75 Å². The number of nitrogens with one attached hydrogen (secondary N) is 2. The van der Waals surface area contributed by atoms with Crippen LogP contribution in [-0.2, 0) is 17.8 Å². The van der Waals surface area contributed by atoms with E-state index in [-0.39, 0.29) is 11.7 Å². The number of aromatic nitrogens is 1. The number of aromatic amines is 1. The first-order chi connectivity index (χ1) is 14.9. The van der Waals surface area contributed by atoms with Gasteiger partial charge in [0.15, 0.2) is 0 Å². The van der Waals surface area contributed by atoms with Crippen LogP contribution in [0.15, 0.2) is 18.2 Å². The summed E-state index contributed by atoms with van der Waals surface area (Å²) in [6.45, 7) is 1.46. The highest BCUT2D eigenvalue weighted by molar-refractivity contribution is 5.90. The zero-order valence-corrected chi connectivity index (χ0v) is 17.5. The average molecular weight is 425 g/mol. The Hall–Kier alpha value is -3.21. The minimum atomic E-state index is -1.12. The van der Waals surface area contributed by atoms with E-state index in [9.17, 15) is 14.7 Å². The van der Waals surface area contributed by atoms with Crippen LogP contribution in [0.3, 0.4) is 0 Å². The molecule has 4 N–H and O–H groups in total. The Morgan fingerprint density at radius 2 is 1.97 bits per heavy atom. The van der Waals surface area contributed by atoms with Crippen LogP contribution in [0.1, 0.15) is 56.2 Å². The molecule has 1 aromatic carbocycles. The summed E-state index contributed by atoms with van der Waals surface area (Å²) >= 11 is 0. The molecule has 1 aromatic heterocycles. The fourth-order valence-corrected chi connectivity index (χ4v) is 4.61. The molecule has 2 aliphatic carbocycles. The number of aromatic hydroxyl groups is 1. The molecule has 5 rings (SSSR count). The van der Waals surface area contributed by atoms with Crippen LogP contribution >= 0.6 is 0 Å². The topological polar surface area (TPSA) is 129 Å². The van der Waals surface area contributed by atoms with E-state index in [0.717, 1.165) is 36.7 Å². The third-order valence-electron chi connectivity index (χ3n) is 6.56. The molecule has 2 amide bonds. The molecule has 0 unspecified atom stereocenters. The summed E-state index contributed by atoms with van der Waals surface area (Å²) in [4.78, 5) is 28.1. The highest BCUT2D eigenvalue weighted by Gasteiger charge is 2.44. The summed E-state index contributed by atoms with van der Waals surface area (Å²) < 4.78 is 0. The minimum absolute atomic E-state index is 0.230. The van der Waals surface area contributed by atoms with Crippen LogP contribution in [0.4, 0.5) is 4.79 Å². The van der Waals surface area contributed by atoms with E-state index in [1.54, 1.807) is 6.07 Å². The number of para-hydroxylation sites is 1. The molecule has 2 saturated carbocycles. The van der Waals surface area contributed by atoms with Gasteiger partial charge < -0.3 is 25.4 Å². The number of phenols is 1. The summed E-state index contributed by atoms with van der Waals surface area (Å²) in [6.07, 6.45) is 6.79. The second-order valence-corrected chi connectivity index (χ2v) is 8.75. The van der Waals surface area contributed by atoms with Gasteiger partial charge in [-0.2, -0.15) is 5.26 Å². The second kappa shape index (κ2) is 8.50. The van der Waals surface area contributed by atoms with E-state index in [1.165, 1.54) is 30.5 Å². The van der Waals surface area contributed by atoms with Gasteiger partial charge >= 0.3 is 6.09 Å². The van der Waals surface area contributed by atoms with Crippen molar-refractivity contribution in [2.24, 2.45) is 5.92 Å². The van der Waals surface area contributed by atoms with Crippen molar-refractivity contribution in [3.05, 3.63) is 29.5 Å². The smallest absolute Gasteiger partial charge is 0.405 e. The van der Waals surface area contributed by atoms with Gasteiger partial charge in [0.2, 0.25) is 5.91 Å². The SMILES string of the molecule is N#CC1(NC(=O)O)CC1.O=C(C1CCCCC1)N1CCc2[nH]c3c(O)cccc3c2C1. The molecule has 8 nitrogen and oxygen atoms in total. The number of carbonyl (C=O) groups is 2. The van der Waals surface area contributed by atoms with Gasteiger partial charge in [0.25, 0.3) is 0 Å². The summed E-state index contributed by atoms with van der Waals surface area (Å²) in [5.74, 6) is 0.853. The summed E-state index contributed by atoms with van der Waals surface area (Å²) in [7, 11) is 0. The number of carbonyl (C=O) groups excluding carboxylic acids is 1. The summed E-state index contributed by atoms with van der Waals surface area (Å²) in [5, 5.41) is 29.7. The van der Waals surface area contributed by atoms with Crippen molar-refractivity contribution in [2.75, 3.05) is 6.54 Å². The maximum Gasteiger partial charge on any atom is 0.405 e. The Labute approximate surface area is 180 Å². The monoisotopic (exact) mass is 424 g/mol. The Bertz CT molecular complexity index is 1030. The predicted molar refractivity (Wildman–Crippen MR) is 114 cm³/mol. The van der Waals surface area contributed by atoms with Crippen molar-refractivity contribution in [3.63, 3.8) is 0 Å². The first-order valence-corrected chi connectivity index (χ1v) is 10.9. The second-order valence-electron chi connectivity index (χ2n) is 8.75. The number of H-pyrrole nitrogens is 1. The molecular weight excluding hydrogens is 396 g/mol. The Balaban J connectivity index is 0.000000217. The van der Waals surface area contributed by atoms with Crippen molar-refractivity contribution >= 4 is 22.9 Å². The van der Waals surface area contributed by atoms with Crippen molar-refractivity contribution in [1.82, 2.24) is 15.2 Å². The van der Waals surface area contributed by atoms with Crippen LogP contribution in [-0.4, -0.2) is 44.2 Å². The van der Waals surface area contributed by atoms with Crippen molar-refractivity contribution in [2.45, 2.75) is 63.5 Å². The van der Waals surface area contributed by atoms with Gasteiger partial charge in [0.05, 0.1) is 11.6 Å². The first-order valence-electron chi connectivity index (χ1n) is 10.9.